The number of aromatic nitrogens is 1. The van der Waals surface area contributed by atoms with Gasteiger partial charge in [0.15, 0.2) is 0 Å². The Bertz CT molecular complexity index is 780. The Balaban J connectivity index is 2.49. The smallest absolute Gasteiger partial charge is 0.266 e. The van der Waals surface area contributed by atoms with Crippen LogP contribution in [-0.2, 0) is 9.84 Å². The summed E-state index contributed by atoms with van der Waals surface area (Å²) in [4.78, 5) is 17.8. The molecule has 0 saturated carbocycles. The van der Waals surface area contributed by atoms with Crippen molar-refractivity contribution < 1.29 is 13.2 Å². The molecule has 0 radical (unpaired) electrons. The number of carbonyl (C=O) groups excluding carboxylic acids is 1. The van der Waals surface area contributed by atoms with E-state index in [1.807, 2.05) is 6.92 Å². The van der Waals surface area contributed by atoms with Crippen molar-refractivity contribution in [3.05, 3.63) is 39.3 Å². The van der Waals surface area contributed by atoms with Gasteiger partial charge in [-0.1, -0.05) is 29.0 Å². The van der Waals surface area contributed by atoms with E-state index >= 15 is 0 Å². The van der Waals surface area contributed by atoms with Crippen molar-refractivity contribution in [3.63, 3.8) is 0 Å². The Morgan fingerprint density at radius 1 is 1.24 bits per heavy atom. The molecule has 0 spiro atoms. The van der Waals surface area contributed by atoms with E-state index in [2.05, 4.69) is 20.9 Å². The fourth-order valence-electron chi connectivity index (χ4n) is 1.55. The molecule has 0 aliphatic carbocycles. The van der Waals surface area contributed by atoms with Crippen molar-refractivity contribution >= 4 is 43.0 Å². The van der Waals surface area contributed by atoms with Gasteiger partial charge in [-0.2, -0.15) is 0 Å². The Kier molecular flexibility index (Phi) is 4.50. The quantitative estimate of drug-likeness (QED) is 0.810. The number of hydrogen-bond donors (Lipinski definition) is 0. The highest BCUT2D eigenvalue weighted by Gasteiger charge is 2.26. The maximum atomic E-state index is 12.5. The van der Waals surface area contributed by atoms with Gasteiger partial charge in [-0.05, 0) is 35.0 Å². The topological polar surface area (TPSA) is 67.3 Å². The molecule has 21 heavy (non-hydrogen) atoms. The van der Waals surface area contributed by atoms with Crippen LogP contribution in [0.3, 0.4) is 0 Å². The lowest BCUT2D eigenvalue weighted by molar-refractivity contribution is 0.0831. The van der Waals surface area contributed by atoms with Gasteiger partial charge in [0.05, 0.1) is 4.90 Å². The van der Waals surface area contributed by atoms with Gasteiger partial charge in [0.25, 0.3) is 5.91 Å². The van der Waals surface area contributed by atoms with Crippen molar-refractivity contribution in [2.24, 2.45) is 0 Å². The molecule has 2 rings (SSSR count). The minimum Gasteiger partial charge on any atom is -0.344 e. The molecule has 0 aliphatic heterocycles. The molecule has 0 aliphatic rings. The maximum absolute atomic E-state index is 12.5. The zero-order valence-electron chi connectivity index (χ0n) is 11.6. The molecule has 0 atom stereocenters. The van der Waals surface area contributed by atoms with Crippen LogP contribution < -0.4 is 0 Å². The second-order valence-electron chi connectivity index (χ2n) is 4.62. The second kappa shape index (κ2) is 5.86. The van der Waals surface area contributed by atoms with Crippen LogP contribution in [0.25, 0.3) is 0 Å². The van der Waals surface area contributed by atoms with Gasteiger partial charge >= 0.3 is 0 Å². The molecule has 1 aromatic heterocycles. The van der Waals surface area contributed by atoms with Gasteiger partial charge < -0.3 is 4.90 Å². The number of rotatable bonds is 3. The first-order valence-corrected chi connectivity index (χ1v) is 9.02. The van der Waals surface area contributed by atoms with E-state index in [0.717, 1.165) is 16.9 Å². The summed E-state index contributed by atoms with van der Waals surface area (Å²) in [6.07, 6.45) is 0. The van der Waals surface area contributed by atoms with Crippen molar-refractivity contribution in [1.82, 2.24) is 9.88 Å². The molecule has 8 heteroatoms. The molecule has 0 unspecified atom stereocenters. The number of halogens is 1. The summed E-state index contributed by atoms with van der Waals surface area (Å²) in [5.41, 5.74) is 0.970. The van der Waals surface area contributed by atoms with Crippen molar-refractivity contribution in [1.29, 1.82) is 0 Å². The van der Waals surface area contributed by atoms with Crippen LogP contribution in [0.5, 0.6) is 0 Å². The number of thiazole rings is 1. The van der Waals surface area contributed by atoms with Crippen LogP contribution in [0.4, 0.5) is 0 Å². The average molecular weight is 389 g/mol. The fourth-order valence-corrected chi connectivity index (χ4v) is 4.97. The second-order valence-corrected chi connectivity index (χ2v) is 8.49. The van der Waals surface area contributed by atoms with E-state index in [1.54, 1.807) is 26.2 Å². The first kappa shape index (κ1) is 16.1. The minimum absolute atomic E-state index is 0.0940. The van der Waals surface area contributed by atoms with Gasteiger partial charge in [0.2, 0.25) is 14.2 Å². The molecule has 0 saturated heterocycles. The van der Waals surface area contributed by atoms with Gasteiger partial charge in [0, 0.05) is 14.1 Å². The summed E-state index contributed by atoms with van der Waals surface area (Å²) >= 11 is 4.01. The summed E-state index contributed by atoms with van der Waals surface area (Å²) in [6, 6.07) is 6.52. The minimum atomic E-state index is -3.71. The number of aryl methyl sites for hydroxylation is 1. The lowest BCUT2D eigenvalue weighted by atomic mass is 10.2. The standard InChI is InChI=1S/C13H13BrN2O3S2/c1-8-4-6-9(7-5-8)21(18,19)13-15-11(14)10(20-13)12(17)16(2)3/h4-7H,1-3H3. The molecule has 5 nitrogen and oxygen atoms in total. The van der Waals surface area contributed by atoms with E-state index < -0.39 is 9.84 Å². The molecule has 112 valence electrons. The normalized spacial score (nSPS) is 11.4. The number of amides is 1. The largest absolute Gasteiger partial charge is 0.344 e. The average Bonchev–Trinajstić information content (AvgIpc) is 2.81. The van der Waals surface area contributed by atoms with E-state index in [-0.39, 0.29) is 24.6 Å². The van der Waals surface area contributed by atoms with Crippen LogP contribution in [-0.4, -0.2) is 38.3 Å². The van der Waals surface area contributed by atoms with Crippen molar-refractivity contribution in [2.75, 3.05) is 14.1 Å². The summed E-state index contributed by atoms with van der Waals surface area (Å²) in [6.45, 7) is 1.88. The molecule has 0 bridgehead atoms. The van der Waals surface area contributed by atoms with E-state index in [0.29, 0.717) is 0 Å². The Hall–Kier alpha value is -1.25. The zero-order valence-corrected chi connectivity index (χ0v) is 14.8. The third-order valence-electron chi connectivity index (χ3n) is 2.73. The molecule has 1 heterocycles. The Labute approximate surface area is 135 Å². The lowest BCUT2D eigenvalue weighted by Crippen LogP contribution is -2.20. The van der Waals surface area contributed by atoms with Gasteiger partial charge in [0.1, 0.15) is 9.48 Å². The highest BCUT2D eigenvalue weighted by atomic mass is 79.9. The third kappa shape index (κ3) is 3.17. The van der Waals surface area contributed by atoms with Gasteiger partial charge in [-0.15, -0.1) is 0 Å². The summed E-state index contributed by atoms with van der Waals surface area (Å²) < 4.78 is 25.2. The van der Waals surface area contributed by atoms with Crippen molar-refractivity contribution in [3.8, 4) is 0 Å². The Morgan fingerprint density at radius 2 is 1.81 bits per heavy atom. The number of carbonyl (C=O) groups is 1. The number of sulfone groups is 1. The predicted molar refractivity (Wildman–Crippen MR) is 84.5 cm³/mol. The zero-order chi connectivity index (χ0) is 15.8. The number of benzene rings is 1. The monoisotopic (exact) mass is 388 g/mol. The summed E-state index contributed by atoms with van der Waals surface area (Å²) in [7, 11) is -0.510. The predicted octanol–water partition coefficient (Wildman–Crippen LogP) is 2.75. The van der Waals surface area contributed by atoms with E-state index in [1.165, 1.54) is 17.0 Å². The molecule has 2 aromatic rings. The maximum Gasteiger partial charge on any atom is 0.266 e. The third-order valence-corrected chi connectivity index (χ3v) is 6.75. The summed E-state index contributed by atoms with van der Waals surface area (Å²) in [5.74, 6) is -0.287. The van der Waals surface area contributed by atoms with Gasteiger partial charge in [-0.3, -0.25) is 4.79 Å². The Morgan fingerprint density at radius 3 is 2.33 bits per heavy atom. The molecular weight excluding hydrogens is 376 g/mol. The first-order valence-electron chi connectivity index (χ1n) is 5.93. The first-order chi connectivity index (χ1) is 9.73. The van der Waals surface area contributed by atoms with Crippen LogP contribution in [0, 0.1) is 6.92 Å². The molecule has 0 fully saturated rings. The summed E-state index contributed by atoms with van der Waals surface area (Å²) in [5, 5.41) is 0. The fraction of sp³-hybridized carbons (Fsp3) is 0.231. The van der Waals surface area contributed by atoms with Gasteiger partial charge in [-0.25, -0.2) is 13.4 Å². The number of hydrogen-bond acceptors (Lipinski definition) is 5. The van der Waals surface area contributed by atoms with E-state index in [9.17, 15) is 13.2 Å². The van der Waals surface area contributed by atoms with Crippen LogP contribution in [0.1, 0.15) is 15.2 Å². The molecule has 1 amide bonds. The molecular formula is C13H13BrN2O3S2. The SMILES string of the molecule is Cc1ccc(S(=O)(=O)c2nc(Br)c(C(=O)N(C)C)s2)cc1. The highest BCUT2D eigenvalue weighted by Crippen LogP contribution is 2.31. The van der Waals surface area contributed by atoms with E-state index in [4.69, 9.17) is 0 Å². The van der Waals surface area contributed by atoms with Crippen molar-refractivity contribution in [2.45, 2.75) is 16.2 Å². The van der Waals surface area contributed by atoms with Crippen LogP contribution in [0.2, 0.25) is 0 Å². The molecule has 1 aromatic carbocycles. The lowest BCUT2D eigenvalue weighted by Gasteiger charge is -2.07. The van der Waals surface area contributed by atoms with Crippen LogP contribution in [0.15, 0.2) is 38.1 Å². The molecule has 0 N–H and O–H groups in total. The number of nitrogens with zero attached hydrogens (tertiary/aromatic N) is 2. The van der Waals surface area contributed by atoms with Crippen LogP contribution >= 0.6 is 27.3 Å². The highest BCUT2D eigenvalue weighted by molar-refractivity contribution is 9.10.